The number of anilines is 2. The van der Waals surface area contributed by atoms with Crippen molar-refractivity contribution in [3.8, 4) is 17.2 Å². The lowest BCUT2D eigenvalue weighted by Gasteiger charge is -2.26. The maximum absolute atomic E-state index is 13.5. The van der Waals surface area contributed by atoms with Crippen molar-refractivity contribution in [3.63, 3.8) is 0 Å². The first kappa shape index (κ1) is 32.0. The Morgan fingerprint density at radius 2 is 1.67 bits per heavy atom. The van der Waals surface area contributed by atoms with Crippen LogP contribution in [0.1, 0.15) is 22.3 Å². The number of benzene rings is 4. The number of rotatable bonds is 10. The summed E-state index contributed by atoms with van der Waals surface area (Å²) in [6.07, 6.45) is 1.35. The largest absolute Gasteiger partial charge is 0.493 e. The Balaban J connectivity index is 1.30. The summed E-state index contributed by atoms with van der Waals surface area (Å²) in [4.78, 5) is 52.5. The molecular formula is C35H30BrN3O7. The average molecular weight is 685 g/mol. The molecule has 0 unspecified atom stereocenters. The van der Waals surface area contributed by atoms with Gasteiger partial charge in [0.25, 0.3) is 17.7 Å². The number of barbiturate groups is 1. The molecule has 0 aliphatic carbocycles. The second-order valence-electron chi connectivity index (χ2n) is 10.4. The fourth-order valence-corrected chi connectivity index (χ4v) is 5.22. The number of aryl methyl sites for hydroxylation is 2. The topological polar surface area (TPSA) is 123 Å². The van der Waals surface area contributed by atoms with Crippen molar-refractivity contribution < 1.29 is 33.4 Å². The number of nitrogens with one attached hydrogen (secondary N) is 2. The van der Waals surface area contributed by atoms with Gasteiger partial charge in [-0.25, -0.2) is 9.69 Å². The average Bonchev–Trinajstić information content (AvgIpc) is 3.04. The normalized spacial score (nSPS) is 13.8. The van der Waals surface area contributed by atoms with Crippen molar-refractivity contribution in [2.24, 2.45) is 0 Å². The van der Waals surface area contributed by atoms with Crippen molar-refractivity contribution in [1.82, 2.24) is 5.32 Å². The number of ether oxygens (including phenoxy) is 3. The van der Waals surface area contributed by atoms with Gasteiger partial charge >= 0.3 is 6.03 Å². The quantitative estimate of drug-likeness (QED) is 0.148. The Labute approximate surface area is 274 Å². The van der Waals surface area contributed by atoms with Gasteiger partial charge in [0.2, 0.25) is 0 Å². The molecule has 1 saturated heterocycles. The number of imide groups is 2. The molecule has 0 spiro atoms. The summed E-state index contributed by atoms with van der Waals surface area (Å²) in [7, 11) is 1.42. The van der Waals surface area contributed by atoms with Crippen molar-refractivity contribution in [2.45, 2.75) is 20.5 Å². The molecule has 1 aliphatic rings. The number of methoxy groups -OCH3 is 1. The third-order valence-electron chi connectivity index (χ3n) is 7.02. The molecule has 1 heterocycles. The predicted octanol–water partition coefficient (Wildman–Crippen LogP) is 6.34. The molecule has 5 amide bonds. The van der Waals surface area contributed by atoms with Gasteiger partial charge in [0.15, 0.2) is 18.1 Å². The molecule has 0 aromatic heterocycles. The molecule has 0 saturated carbocycles. The van der Waals surface area contributed by atoms with Gasteiger partial charge < -0.3 is 19.5 Å². The zero-order chi connectivity index (χ0) is 32.8. The maximum Gasteiger partial charge on any atom is 0.335 e. The van der Waals surface area contributed by atoms with Crippen LogP contribution in [0.25, 0.3) is 6.08 Å². The van der Waals surface area contributed by atoms with E-state index in [1.54, 1.807) is 36.4 Å². The number of carbonyl (C=O) groups excluding carboxylic acids is 4. The molecule has 0 bridgehead atoms. The smallest absolute Gasteiger partial charge is 0.335 e. The van der Waals surface area contributed by atoms with Crippen LogP contribution in [-0.2, 0) is 21.0 Å². The number of nitrogens with zero attached hydrogens (tertiary/aromatic N) is 1. The SMILES string of the molecule is COc1cc(/C=C2/C(=O)NC(=O)N(c3ccc(OCc4ccccc4)cc3)C2=O)cc(Br)c1OCC(=O)Nc1cc(C)ccc1C. The second kappa shape index (κ2) is 14.1. The first-order valence-electron chi connectivity index (χ1n) is 14.2. The van der Waals surface area contributed by atoms with E-state index in [9.17, 15) is 19.2 Å². The molecule has 0 radical (unpaired) electrons. The van der Waals surface area contributed by atoms with Crippen LogP contribution in [0, 0.1) is 13.8 Å². The minimum atomic E-state index is -0.869. The number of carbonyl (C=O) groups is 4. The summed E-state index contributed by atoms with van der Waals surface area (Å²) in [6, 6.07) is 24.1. The number of halogens is 1. The van der Waals surface area contributed by atoms with Crippen molar-refractivity contribution >= 4 is 57.1 Å². The van der Waals surface area contributed by atoms with Gasteiger partial charge in [-0.1, -0.05) is 42.5 Å². The van der Waals surface area contributed by atoms with E-state index < -0.39 is 17.8 Å². The van der Waals surface area contributed by atoms with E-state index in [0.717, 1.165) is 21.6 Å². The molecule has 5 rings (SSSR count). The Hall–Kier alpha value is -5.42. The number of amides is 5. The zero-order valence-corrected chi connectivity index (χ0v) is 26.8. The molecular weight excluding hydrogens is 654 g/mol. The fraction of sp³-hybridized carbons (Fsp3) is 0.143. The van der Waals surface area contributed by atoms with E-state index in [0.29, 0.717) is 28.1 Å². The van der Waals surface area contributed by atoms with Gasteiger partial charge in [-0.3, -0.25) is 19.7 Å². The zero-order valence-electron chi connectivity index (χ0n) is 25.3. The molecule has 2 N–H and O–H groups in total. The molecule has 4 aromatic rings. The molecule has 4 aromatic carbocycles. The van der Waals surface area contributed by atoms with Crippen LogP contribution in [0.2, 0.25) is 0 Å². The van der Waals surface area contributed by atoms with E-state index >= 15 is 0 Å². The summed E-state index contributed by atoms with van der Waals surface area (Å²) in [6.45, 7) is 3.89. The Bertz CT molecular complexity index is 1840. The lowest BCUT2D eigenvalue weighted by atomic mass is 10.1. The monoisotopic (exact) mass is 683 g/mol. The molecule has 10 nitrogen and oxygen atoms in total. The molecule has 1 aliphatic heterocycles. The number of hydrogen-bond acceptors (Lipinski definition) is 7. The Morgan fingerprint density at radius 3 is 2.39 bits per heavy atom. The summed E-state index contributed by atoms with van der Waals surface area (Å²) in [5.41, 5.74) is 4.02. The van der Waals surface area contributed by atoms with Crippen molar-refractivity contribution in [3.05, 3.63) is 117 Å². The van der Waals surface area contributed by atoms with E-state index in [4.69, 9.17) is 14.2 Å². The first-order valence-corrected chi connectivity index (χ1v) is 15.0. The van der Waals surface area contributed by atoms with E-state index in [2.05, 4.69) is 26.6 Å². The standard InChI is InChI=1S/C35H30BrN3O7/c1-21-9-10-22(2)29(15-21)37-31(40)20-46-32-28(36)17-24(18-30(32)44-3)16-27-33(41)38-35(43)39(34(27)42)25-11-13-26(14-12-25)45-19-23-7-5-4-6-8-23/h4-18H,19-20H2,1-3H3,(H,37,40)(H,38,41,43)/b27-16-. The van der Waals surface area contributed by atoms with Crippen LogP contribution < -0.4 is 29.7 Å². The Morgan fingerprint density at radius 1 is 0.935 bits per heavy atom. The van der Waals surface area contributed by atoms with Gasteiger partial charge in [-0.05, 0) is 101 Å². The van der Waals surface area contributed by atoms with Crippen LogP contribution in [0.15, 0.2) is 95.0 Å². The van der Waals surface area contributed by atoms with Crippen molar-refractivity contribution in [1.29, 1.82) is 0 Å². The highest BCUT2D eigenvalue weighted by atomic mass is 79.9. The van der Waals surface area contributed by atoms with Gasteiger partial charge in [0.1, 0.15) is 17.9 Å². The third-order valence-corrected chi connectivity index (χ3v) is 7.61. The van der Waals surface area contributed by atoms with Crippen LogP contribution in [-0.4, -0.2) is 37.5 Å². The molecule has 234 valence electrons. The number of urea groups is 1. The number of hydrogen-bond donors (Lipinski definition) is 2. The van der Waals surface area contributed by atoms with Crippen LogP contribution >= 0.6 is 15.9 Å². The molecule has 0 atom stereocenters. The van der Waals surface area contributed by atoms with Gasteiger partial charge in [0.05, 0.1) is 17.3 Å². The summed E-state index contributed by atoms with van der Waals surface area (Å²) >= 11 is 3.44. The second-order valence-corrected chi connectivity index (χ2v) is 11.3. The van der Waals surface area contributed by atoms with Crippen molar-refractivity contribution in [2.75, 3.05) is 23.9 Å². The van der Waals surface area contributed by atoms with Crippen LogP contribution in [0.5, 0.6) is 17.2 Å². The lowest BCUT2D eigenvalue weighted by molar-refractivity contribution is -0.122. The van der Waals surface area contributed by atoms with Gasteiger partial charge in [0, 0.05) is 5.69 Å². The summed E-state index contributed by atoms with van der Waals surface area (Å²) < 4.78 is 17.5. The minimum absolute atomic E-state index is 0.253. The lowest BCUT2D eigenvalue weighted by Crippen LogP contribution is -2.54. The summed E-state index contributed by atoms with van der Waals surface area (Å²) in [5.74, 6) is -0.946. The first-order chi connectivity index (χ1) is 22.1. The third kappa shape index (κ3) is 7.44. The molecule has 11 heteroatoms. The summed E-state index contributed by atoms with van der Waals surface area (Å²) in [5, 5.41) is 5.06. The minimum Gasteiger partial charge on any atom is -0.493 e. The van der Waals surface area contributed by atoms with E-state index in [1.807, 2.05) is 62.4 Å². The van der Waals surface area contributed by atoms with Crippen LogP contribution in [0.4, 0.5) is 16.2 Å². The molecule has 46 heavy (non-hydrogen) atoms. The van der Waals surface area contributed by atoms with Gasteiger partial charge in [-0.2, -0.15) is 0 Å². The van der Waals surface area contributed by atoms with E-state index in [1.165, 1.54) is 13.2 Å². The maximum atomic E-state index is 13.5. The Kier molecular flexibility index (Phi) is 9.82. The van der Waals surface area contributed by atoms with Gasteiger partial charge in [-0.15, -0.1) is 0 Å². The van der Waals surface area contributed by atoms with Crippen LogP contribution in [0.3, 0.4) is 0 Å². The predicted molar refractivity (Wildman–Crippen MR) is 177 cm³/mol. The highest BCUT2D eigenvalue weighted by Crippen LogP contribution is 2.37. The highest BCUT2D eigenvalue weighted by molar-refractivity contribution is 9.10. The fourth-order valence-electron chi connectivity index (χ4n) is 4.65. The highest BCUT2D eigenvalue weighted by Gasteiger charge is 2.37. The van der Waals surface area contributed by atoms with E-state index in [-0.39, 0.29) is 35.3 Å². The molecule has 1 fully saturated rings.